The van der Waals surface area contributed by atoms with Gasteiger partial charge in [0.2, 0.25) is 5.91 Å². The van der Waals surface area contributed by atoms with E-state index < -0.39 is 11.4 Å². The average molecular weight is 269 g/mol. The van der Waals surface area contributed by atoms with Crippen LogP contribution in [0.3, 0.4) is 0 Å². The number of carbonyl (C=O) groups is 2. The highest BCUT2D eigenvalue weighted by Gasteiger charge is 2.46. The van der Waals surface area contributed by atoms with Crippen LogP contribution in [-0.2, 0) is 14.3 Å². The molecule has 5 nitrogen and oxygen atoms in total. The minimum atomic E-state index is -0.814. The van der Waals surface area contributed by atoms with Crippen LogP contribution in [-0.4, -0.2) is 47.7 Å². The monoisotopic (exact) mass is 269 g/mol. The lowest BCUT2D eigenvalue weighted by Gasteiger charge is -2.40. The van der Waals surface area contributed by atoms with E-state index in [1.807, 2.05) is 0 Å². The Labute approximate surface area is 113 Å². The number of ether oxygens (including phenoxy) is 1. The van der Waals surface area contributed by atoms with Crippen molar-refractivity contribution in [2.45, 2.75) is 51.6 Å². The van der Waals surface area contributed by atoms with Gasteiger partial charge in [0.1, 0.15) is 0 Å². The quantitative estimate of drug-likeness (QED) is 0.824. The van der Waals surface area contributed by atoms with E-state index in [9.17, 15) is 14.7 Å². The van der Waals surface area contributed by atoms with E-state index in [0.29, 0.717) is 32.5 Å². The van der Waals surface area contributed by atoms with Gasteiger partial charge in [-0.3, -0.25) is 9.59 Å². The molecular formula is C14H23NO4. The minimum Gasteiger partial charge on any atom is -0.481 e. The second-order valence-corrected chi connectivity index (χ2v) is 5.74. The zero-order valence-corrected chi connectivity index (χ0v) is 11.6. The first-order valence-electron chi connectivity index (χ1n) is 7.20. The van der Waals surface area contributed by atoms with E-state index in [0.717, 1.165) is 19.3 Å². The fraction of sp³-hybridized carbons (Fsp3) is 0.857. The third kappa shape index (κ3) is 3.08. The summed E-state index contributed by atoms with van der Waals surface area (Å²) in [6.45, 7) is 3.87. The lowest BCUT2D eigenvalue weighted by molar-refractivity contribution is -0.161. The molecule has 1 heterocycles. The number of nitrogens with zero attached hydrogens (tertiary/aromatic N) is 1. The molecule has 0 radical (unpaired) electrons. The largest absolute Gasteiger partial charge is 0.481 e. The first kappa shape index (κ1) is 14.3. The molecule has 2 rings (SSSR count). The summed E-state index contributed by atoms with van der Waals surface area (Å²) < 4.78 is 5.61. The molecule has 0 bridgehead atoms. The van der Waals surface area contributed by atoms with Crippen molar-refractivity contribution in [1.82, 2.24) is 4.90 Å². The summed E-state index contributed by atoms with van der Waals surface area (Å²) >= 11 is 0. The molecule has 1 N–H and O–H groups in total. The molecule has 5 heteroatoms. The number of morpholine rings is 1. The summed E-state index contributed by atoms with van der Waals surface area (Å²) in [5.41, 5.74) is -0.782. The molecule has 0 aromatic carbocycles. The second kappa shape index (κ2) is 5.90. The number of aliphatic carboxylic acids is 1. The molecule has 1 aliphatic carbocycles. The molecule has 1 amide bonds. The van der Waals surface area contributed by atoms with Crippen LogP contribution in [0, 0.1) is 5.41 Å². The predicted octanol–water partition coefficient (Wildman–Crippen LogP) is 1.66. The van der Waals surface area contributed by atoms with Crippen LogP contribution in [0.5, 0.6) is 0 Å². The third-order valence-corrected chi connectivity index (χ3v) is 4.36. The topological polar surface area (TPSA) is 66.8 Å². The molecule has 1 saturated carbocycles. The van der Waals surface area contributed by atoms with Gasteiger partial charge in [-0.2, -0.15) is 0 Å². The summed E-state index contributed by atoms with van der Waals surface area (Å²) in [5.74, 6) is -0.836. The fourth-order valence-electron chi connectivity index (χ4n) is 2.91. The van der Waals surface area contributed by atoms with Gasteiger partial charge in [0.05, 0.1) is 18.1 Å². The van der Waals surface area contributed by atoms with Gasteiger partial charge < -0.3 is 14.7 Å². The number of hydrogen-bond donors (Lipinski definition) is 1. The Balaban J connectivity index is 1.90. The molecular weight excluding hydrogens is 246 g/mol. The Morgan fingerprint density at radius 1 is 1.42 bits per heavy atom. The van der Waals surface area contributed by atoms with Gasteiger partial charge in [0.15, 0.2) is 0 Å². The molecule has 1 saturated heterocycles. The van der Waals surface area contributed by atoms with Crippen molar-refractivity contribution >= 4 is 11.9 Å². The summed E-state index contributed by atoms with van der Waals surface area (Å²) in [5, 5.41) is 9.27. The minimum absolute atomic E-state index is 0.0218. The molecule has 0 spiro atoms. The molecule has 2 aliphatic rings. The normalized spacial score (nSPS) is 25.7. The van der Waals surface area contributed by atoms with Crippen molar-refractivity contribution in [1.29, 1.82) is 0 Å². The first-order valence-corrected chi connectivity index (χ1v) is 7.20. The fourth-order valence-corrected chi connectivity index (χ4v) is 2.91. The maximum atomic E-state index is 12.3. The highest BCUT2D eigenvalue weighted by Crippen LogP contribution is 2.44. The number of carboxylic acid groups (broad SMARTS) is 1. The van der Waals surface area contributed by atoms with Gasteiger partial charge in [0, 0.05) is 19.5 Å². The second-order valence-electron chi connectivity index (χ2n) is 5.74. The number of rotatable bonds is 5. The first-order chi connectivity index (χ1) is 9.07. The van der Waals surface area contributed by atoms with Crippen LogP contribution in [0.1, 0.15) is 45.4 Å². The Hall–Kier alpha value is -1.10. The lowest BCUT2D eigenvalue weighted by atomic mass is 9.66. The van der Waals surface area contributed by atoms with Gasteiger partial charge in [-0.15, -0.1) is 0 Å². The van der Waals surface area contributed by atoms with E-state index in [1.54, 1.807) is 4.90 Å². The summed E-state index contributed by atoms with van der Waals surface area (Å²) in [6, 6.07) is 0. The molecule has 0 aromatic rings. The molecule has 19 heavy (non-hydrogen) atoms. The third-order valence-electron chi connectivity index (χ3n) is 4.36. The summed E-state index contributed by atoms with van der Waals surface area (Å²) in [4.78, 5) is 25.3. The Bertz CT molecular complexity index is 349. The highest BCUT2D eigenvalue weighted by molar-refractivity contribution is 5.85. The van der Waals surface area contributed by atoms with Gasteiger partial charge in [-0.05, 0) is 19.3 Å². The van der Waals surface area contributed by atoms with Crippen molar-refractivity contribution in [3.63, 3.8) is 0 Å². The van der Waals surface area contributed by atoms with Crippen molar-refractivity contribution in [3.8, 4) is 0 Å². The molecule has 1 atom stereocenters. The summed E-state index contributed by atoms with van der Waals surface area (Å²) in [7, 11) is 0. The van der Waals surface area contributed by atoms with Gasteiger partial charge in [-0.1, -0.05) is 19.8 Å². The number of carbonyl (C=O) groups excluding carboxylic acids is 1. The van der Waals surface area contributed by atoms with Crippen LogP contribution in [0.4, 0.5) is 0 Å². The van der Waals surface area contributed by atoms with Gasteiger partial charge in [0.25, 0.3) is 0 Å². The van der Waals surface area contributed by atoms with E-state index in [-0.39, 0.29) is 18.4 Å². The molecule has 1 unspecified atom stereocenters. The predicted molar refractivity (Wildman–Crippen MR) is 69.8 cm³/mol. The van der Waals surface area contributed by atoms with Crippen molar-refractivity contribution in [2.24, 2.45) is 5.41 Å². The lowest BCUT2D eigenvalue weighted by Crippen LogP contribution is -2.49. The van der Waals surface area contributed by atoms with E-state index in [1.165, 1.54) is 0 Å². The van der Waals surface area contributed by atoms with E-state index in [2.05, 4.69) is 6.92 Å². The average Bonchev–Trinajstić information content (AvgIpc) is 2.34. The maximum absolute atomic E-state index is 12.3. The van der Waals surface area contributed by atoms with Crippen LogP contribution in [0.25, 0.3) is 0 Å². The Morgan fingerprint density at radius 2 is 2.16 bits per heavy atom. The Kier molecular flexibility index (Phi) is 4.45. The van der Waals surface area contributed by atoms with Gasteiger partial charge >= 0.3 is 5.97 Å². The molecule has 108 valence electrons. The molecule has 1 aliphatic heterocycles. The van der Waals surface area contributed by atoms with E-state index in [4.69, 9.17) is 4.74 Å². The van der Waals surface area contributed by atoms with Crippen LogP contribution < -0.4 is 0 Å². The zero-order valence-electron chi connectivity index (χ0n) is 11.6. The van der Waals surface area contributed by atoms with Crippen LogP contribution in [0.2, 0.25) is 0 Å². The van der Waals surface area contributed by atoms with E-state index >= 15 is 0 Å². The highest BCUT2D eigenvalue weighted by atomic mass is 16.5. The number of hydrogen-bond acceptors (Lipinski definition) is 3. The van der Waals surface area contributed by atoms with Crippen molar-refractivity contribution in [2.75, 3.05) is 19.7 Å². The standard InChI is InChI=1S/C14H23NO4/c1-2-4-11-10-15(7-8-19-11)12(16)9-14(13(17)18)5-3-6-14/h11H,2-10H2,1H3,(H,17,18). The number of carboxylic acids is 1. The number of amides is 1. The van der Waals surface area contributed by atoms with Crippen molar-refractivity contribution in [3.05, 3.63) is 0 Å². The van der Waals surface area contributed by atoms with Crippen molar-refractivity contribution < 1.29 is 19.4 Å². The van der Waals surface area contributed by atoms with Gasteiger partial charge in [-0.25, -0.2) is 0 Å². The van der Waals surface area contributed by atoms with Crippen LogP contribution >= 0.6 is 0 Å². The molecule has 0 aromatic heterocycles. The zero-order chi connectivity index (χ0) is 13.9. The van der Waals surface area contributed by atoms with Crippen LogP contribution in [0.15, 0.2) is 0 Å². The maximum Gasteiger partial charge on any atom is 0.310 e. The SMILES string of the molecule is CCCC1CN(C(=O)CC2(C(=O)O)CCC2)CCO1. The molecule has 2 fully saturated rings. The smallest absolute Gasteiger partial charge is 0.310 e. The Morgan fingerprint density at radius 3 is 2.68 bits per heavy atom. The summed E-state index contributed by atoms with van der Waals surface area (Å²) in [6.07, 6.45) is 4.44.